The number of ketones is 1. The summed E-state index contributed by atoms with van der Waals surface area (Å²) in [7, 11) is 0. The van der Waals surface area contributed by atoms with Crippen LogP contribution < -0.4 is 18.9 Å². The van der Waals surface area contributed by atoms with E-state index in [4.69, 9.17) is 18.9 Å². The van der Waals surface area contributed by atoms with Crippen molar-refractivity contribution in [1.82, 2.24) is 0 Å². The number of fused-ring (bicyclic) bond motifs is 2. The minimum atomic E-state index is -0.233. The van der Waals surface area contributed by atoms with Gasteiger partial charge in [0.25, 0.3) is 0 Å². The third-order valence-electron chi connectivity index (χ3n) is 3.43. The van der Waals surface area contributed by atoms with Crippen LogP contribution in [0.4, 0.5) is 0 Å². The number of hydrogen-bond acceptors (Lipinski definition) is 5. The van der Waals surface area contributed by atoms with E-state index in [1.54, 1.807) is 24.3 Å². The fourth-order valence-corrected chi connectivity index (χ4v) is 3.43. The smallest absolute Gasteiger partial charge is 0.231 e. The van der Waals surface area contributed by atoms with Crippen LogP contribution in [0.2, 0.25) is 0 Å². The Bertz CT molecular complexity index is 738. The Kier molecular flexibility index (Phi) is 3.27. The van der Waals surface area contributed by atoms with Crippen LogP contribution >= 0.6 is 31.9 Å². The molecular formula is C15H8Br2O5. The quantitative estimate of drug-likeness (QED) is 0.680. The molecule has 7 heteroatoms. The SMILES string of the molecule is O=C(c1c(Br)ccc2c1OCO2)c1c(Br)ccc2c1OCO2. The maximum atomic E-state index is 13.1. The molecule has 2 heterocycles. The molecule has 5 nitrogen and oxygen atoms in total. The summed E-state index contributed by atoms with van der Waals surface area (Å²) in [6.07, 6.45) is 0. The standard InChI is InChI=1S/C15H8Br2O5/c16-7-1-3-9-14(21-5-19-9)11(7)13(18)12-8(17)2-4-10-15(12)22-6-20-10/h1-4H,5-6H2. The Hall–Kier alpha value is -1.73. The van der Waals surface area contributed by atoms with Gasteiger partial charge >= 0.3 is 0 Å². The average molecular weight is 428 g/mol. The van der Waals surface area contributed by atoms with E-state index in [1.165, 1.54) is 0 Å². The monoisotopic (exact) mass is 426 g/mol. The first-order valence-electron chi connectivity index (χ1n) is 6.37. The lowest BCUT2D eigenvalue weighted by Gasteiger charge is -2.11. The van der Waals surface area contributed by atoms with Crippen LogP contribution in [-0.4, -0.2) is 19.4 Å². The first-order valence-corrected chi connectivity index (χ1v) is 7.96. The van der Waals surface area contributed by atoms with Crippen molar-refractivity contribution in [2.45, 2.75) is 0 Å². The van der Waals surface area contributed by atoms with Gasteiger partial charge in [0.15, 0.2) is 23.0 Å². The summed E-state index contributed by atoms with van der Waals surface area (Å²) in [5.41, 5.74) is 0.805. The van der Waals surface area contributed by atoms with Crippen LogP contribution in [0.5, 0.6) is 23.0 Å². The summed E-state index contributed by atoms with van der Waals surface area (Å²) in [6, 6.07) is 7.03. The minimum absolute atomic E-state index is 0.0970. The van der Waals surface area contributed by atoms with Crippen molar-refractivity contribution >= 4 is 37.6 Å². The molecule has 0 saturated carbocycles. The van der Waals surface area contributed by atoms with E-state index in [2.05, 4.69) is 31.9 Å². The van der Waals surface area contributed by atoms with Gasteiger partial charge in [-0.3, -0.25) is 4.79 Å². The van der Waals surface area contributed by atoms with Crippen molar-refractivity contribution in [3.8, 4) is 23.0 Å². The van der Waals surface area contributed by atoms with Crippen molar-refractivity contribution in [2.75, 3.05) is 13.6 Å². The number of hydrogen-bond donors (Lipinski definition) is 0. The molecule has 2 aliphatic rings. The first kappa shape index (κ1) is 13.9. The van der Waals surface area contributed by atoms with Crippen molar-refractivity contribution < 1.29 is 23.7 Å². The van der Waals surface area contributed by atoms with E-state index in [0.717, 1.165) is 0 Å². The van der Waals surface area contributed by atoms with Gasteiger partial charge in [0.1, 0.15) is 0 Å². The molecule has 4 rings (SSSR count). The second kappa shape index (κ2) is 5.17. The molecule has 0 fully saturated rings. The molecule has 0 saturated heterocycles. The fourth-order valence-electron chi connectivity index (χ4n) is 2.44. The zero-order chi connectivity index (χ0) is 15.3. The summed E-state index contributed by atoms with van der Waals surface area (Å²) in [5.74, 6) is 1.73. The maximum absolute atomic E-state index is 13.1. The van der Waals surface area contributed by atoms with Crippen molar-refractivity contribution in [3.05, 3.63) is 44.3 Å². The predicted molar refractivity (Wildman–Crippen MR) is 84.0 cm³/mol. The molecule has 2 aromatic carbocycles. The van der Waals surface area contributed by atoms with Crippen LogP contribution in [0.25, 0.3) is 0 Å². The normalized spacial score (nSPS) is 14.3. The Morgan fingerprint density at radius 2 is 1.23 bits per heavy atom. The van der Waals surface area contributed by atoms with Crippen LogP contribution in [0.1, 0.15) is 15.9 Å². The van der Waals surface area contributed by atoms with Crippen LogP contribution in [-0.2, 0) is 0 Å². The highest BCUT2D eigenvalue weighted by molar-refractivity contribution is 9.11. The van der Waals surface area contributed by atoms with E-state index in [1.807, 2.05) is 0 Å². The first-order chi connectivity index (χ1) is 10.7. The molecule has 112 valence electrons. The Balaban J connectivity index is 1.91. The van der Waals surface area contributed by atoms with Gasteiger partial charge in [-0.05, 0) is 56.1 Å². The number of benzene rings is 2. The molecule has 0 amide bonds. The largest absolute Gasteiger partial charge is 0.454 e. The third kappa shape index (κ3) is 1.99. The molecule has 2 aromatic rings. The molecule has 0 bridgehead atoms. The number of carbonyl (C=O) groups excluding carboxylic acids is 1. The minimum Gasteiger partial charge on any atom is -0.454 e. The zero-order valence-electron chi connectivity index (χ0n) is 11.0. The summed E-state index contributed by atoms with van der Waals surface area (Å²) in [6.45, 7) is 0.194. The van der Waals surface area contributed by atoms with Crippen molar-refractivity contribution in [3.63, 3.8) is 0 Å². The van der Waals surface area contributed by atoms with Gasteiger partial charge in [-0.1, -0.05) is 0 Å². The highest BCUT2D eigenvalue weighted by atomic mass is 79.9. The lowest BCUT2D eigenvalue weighted by molar-refractivity contribution is 0.102. The molecule has 0 spiro atoms. The molecule has 0 unspecified atom stereocenters. The van der Waals surface area contributed by atoms with Crippen LogP contribution in [0.3, 0.4) is 0 Å². The fraction of sp³-hybridized carbons (Fsp3) is 0.133. The highest BCUT2D eigenvalue weighted by Gasteiger charge is 2.31. The summed E-state index contributed by atoms with van der Waals surface area (Å²) in [5, 5.41) is 0. The summed E-state index contributed by atoms with van der Waals surface area (Å²) >= 11 is 6.82. The lowest BCUT2D eigenvalue weighted by atomic mass is 10.0. The summed E-state index contributed by atoms with van der Waals surface area (Å²) in [4.78, 5) is 13.1. The van der Waals surface area contributed by atoms with Crippen LogP contribution in [0.15, 0.2) is 33.2 Å². The van der Waals surface area contributed by atoms with Gasteiger partial charge in [0.05, 0.1) is 11.1 Å². The van der Waals surface area contributed by atoms with E-state index in [-0.39, 0.29) is 19.4 Å². The van der Waals surface area contributed by atoms with Crippen LogP contribution in [0, 0.1) is 0 Å². The molecular weight excluding hydrogens is 420 g/mol. The lowest BCUT2D eigenvalue weighted by Crippen LogP contribution is -2.07. The van der Waals surface area contributed by atoms with Gasteiger partial charge in [0, 0.05) is 8.95 Å². The topological polar surface area (TPSA) is 54.0 Å². The van der Waals surface area contributed by atoms with Gasteiger partial charge in [0.2, 0.25) is 19.4 Å². The maximum Gasteiger partial charge on any atom is 0.231 e. The second-order valence-electron chi connectivity index (χ2n) is 4.64. The molecule has 2 aliphatic heterocycles. The van der Waals surface area contributed by atoms with Crippen molar-refractivity contribution in [1.29, 1.82) is 0 Å². The number of ether oxygens (including phenoxy) is 4. The molecule has 22 heavy (non-hydrogen) atoms. The van der Waals surface area contributed by atoms with Gasteiger partial charge in [-0.2, -0.15) is 0 Å². The molecule has 0 atom stereocenters. The Morgan fingerprint density at radius 1 is 0.773 bits per heavy atom. The Labute approximate surface area is 142 Å². The van der Waals surface area contributed by atoms with Gasteiger partial charge < -0.3 is 18.9 Å². The number of halogens is 2. The van der Waals surface area contributed by atoms with Crippen molar-refractivity contribution in [2.24, 2.45) is 0 Å². The second-order valence-corrected chi connectivity index (χ2v) is 6.35. The molecule has 0 aliphatic carbocycles. The van der Waals surface area contributed by atoms with Gasteiger partial charge in [-0.25, -0.2) is 0 Å². The summed E-state index contributed by atoms with van der Waals surface area (Å²) < 4.78 is 22.8. The van der Waals surface area contributed by atoms with E-state index in [0.29, 0.717) is 43.1 Å². The highest BCUT2D eigenvalue weighted by Crippen LogP contribution is 2.45. The zero-order valence-corrected chi connectivity index (χ0v) is 14.2. The number of carbonyl (C=O) groups is 1. The third-order valence-corrected chi connectivity index (χ3v) is 4.75. The Morgan fingerprint density at radius 3 is 1.68 bits per heavy atom. The van der Waals surface area contributed by atoms with E-state index in [9.17, 15) is 4.79 Å². The molecule has 0 N–H and O–H groups in total. The van der Waals surface area contributed by atoms with Gasteiger partial charge in [-0.15, -0.1) is 0 Å². The predicted octanol–water partition coefficient (Wildman–Crippen LogP) is 3.90. The van der Waals surface area contributed by atoms with E-state index < -0.39 is 0 Å². The average Bonchev–Trinajstić information content (AvgIpc) is 3.14. The molecule has 0 radical (unpaired) electrons. The number of rotatable bonds is 2. The van der Waals surface area contributed by atoms with E-state index >= 15 is 0 Å². The molecule has 0 aromatic heterocycles.